The molecule has 0 bridgehead atoms. The third kappa shape index (κ3) is 7.28. The van der Waals surface area contributed by atoms with E-state index in [1.54, 1.807) is 36.9 Å². The molecule has 0 unspecified atom stereocenters. The first kappa shape index (κ1) is 25.6. The van der Waals surface area contributed by atoms with Crippen LogP contribution in [0.15, 0.2) is 72.0 Å². The molecule has 0 aliphatic carbocycles. The van der Waals surface area contributed by atoms with Crippen LogP contribution in [0.4, 0.5) is 16.3 Å². The molecule has 0 radical (unpaired) electrons. The van der Waals surface area contributed by atoms with E-state index >= 15 is 0 Å². The van der Waals surface area contributed by atoms with Crippen LogP contribution in [-0.2, 0) is 6.54 Å². The van der Waals surface area contributed by atoms with Gasteiger partial charge in [0.1, 0.15) is 5.69 Å². The molecule has 0 spiro atoms. The van der Waals surface area contributed by atoms with Crippen molar-refractivity contribution in [1.29, 1.82) is 0 Å². The Kier molecular flexibility index (Phi) is 8.32. The topological polar surface area (TPSA) is 120 Å². The Bertz CT molecular complexity index is 1280. The number of aromatic nitrogens is 2. The van der Waals surface area contributed by atoms with E-state index in [4.69, 9.17) is 0 Å². The van der Waals surface area contributed by atoms with Gasteiger partial charge < -0.3 is 10.2 Å². The highest BCUT2D eigenvalue weighted by molar-refractivity contribution is 6.02. The van der Waals surface area contributed by atoms with Gasteiger partial charge in [-0.2, -0.15) is 0 Å². The number of rotatable bonds is 6. The van der Waals surface area contributed by atoms with Gasteiger partial charge in [-0.1, -0.05) is 30.3 Å². The zero-order valence-electron chi connectivity index (χ0n) is 20.8. The predicted molar refractivity (Wildman–Crippen MR) is 142 cm³/mol. The second kappa shape index (κ2) is 12.0. The molecule has 37 heavy (non-hydrogen) atoms. The van der Waals surface area contributed by atoms with Gasteiger partial charge in [-0.05, 0) is 43.7 Å². The number of carbonyl (C=O) groups excluding carboxylic acids is 3. The lowest BCUT2D eigenvalue weighted by atomic mass is 10.1. The summed E-state index contributed by atoms with van der Waals surface area (Å²) in [6.45, 7) is 6.78. The second-order valence-electron chi connectivity index (χ2n) is 8.86. The number of carbonyl (C=O) groups is 3. The Morgan fingerprint density at radius 2 is 1.65 bits per heavy atom. The lowest BCUT2D eigenvalue weighted by Gasteiger charge is -2.34. The number of amides is 4. The van der Waals surface area contributed by atoms with E-state index in [2.05, 4.69) is 30.5 Å². The van der Waals surface area contributed by atoms with Crippen LogP contribution < -0.4 is 10.6 Å². The van der Waals surface area contributed by atoms with Crippen LogP contribution in [0.1, 0.15) is 40.3 Å². The number of para-hydroxylation sites is 1. The second-order valence-corrected chi connectivity index (χ2v) is 8.86. The Hall–Kier alpha value is -4.44. The van der Waals surface area contributed by atoms with E-state index in [-0.39, 0.29) is 23.3 Å². The van der Waals surface area contributed by atoms with Crippen molar-refractivity contribution in [3.05, 3.63) is 83.8 Å². The third-order valence-electron chi connectivity index (χ3n) is 5.71. The summed E-state index contributed by atoms with van der Waals surface area (Å²) in [6.07, 6.45) is 2.74. The fourth-order valence-electron chi connectivity index (χ4n) is 3.90. The molecule has 190 valence electrons. The average Bonchev–Trinajstić information content (AvgIpc) is 2.89. The van der Waals surface area contributed by atoms with Crippen molar-refractivity contribution < 1.29 is 14.4 Å². The van der Waals surface area contributed by atoms with Crippen LogP contribution in [0.2, 0.25) is 0 Å². The predicted octanol–water partition coefficient (Wildman–Crippen LogP) is 3.70. The van der Waals surface area contributed by atoms with Gasteiger partial charge in [0.25, 0.3) is 11.8 Å². The quantitative estimate of drug-likeness (QED) is 0.499. The first-order chi connectivity index (χ1) is 17.9. The molecule has 10 heteroatoms. The normalized spacial score (nSPS) is 13.5. The third-order valence-corrected chi connectivity index (χ3v) is 5.71. The monoisotopic (exact) mass is 499 g/mol. The van der Waals surface area contributed by atoms with E-state index < -0.39 is 6.03 Å². The maximum absolute atomic E-state index is 12.9. The summed E-state index contributed by atoms with van der Waals surface area (Å²) < 4.78 is 0. The first-order valence-corrected chi connectivity index (χ1v) is 12.0. The van der Waals surface area contributed by atoms with E-state index in [0.717, 1.165) is 11.3 Å². The van der Waals surface area contributed by atoms with Crippen LogP contribution >= 0.6 is 0 Å². The van der Waals surface area contributed by atoms with E-state index in [1.165, 1.54) is 12.4 Å². The summed E-state index contributed by atoms with van der Waals surface area (Å²) in [4.78, 5) is 53.6. The Morgan fingerprint density at radius 1 is 0.892 bits per heavy atom. The number of aliphatic imine (C=N–C) groups is 1. The SMILES string of the molecule is CC(C)=NC(=O)c1cccc(CN2CCN(C(=O)c3cnc(NC(=O)Nc4ccccc4)cn3)CC2)c1. The van der Waals surface area contributed by atoms with Crippen molar-refractivity contribution in [2.45, 2.75) is 20.4 Å². The summed E-state index contributed by atoms with van der Waals surface area (Å²) in [7, 11) is 0. The molecule has 2 heterocycles. The molecular formula is C27H29N7O3. The van der Waals surface area contributed by atoms with Crippen LogP contribution in [0.25, 0.3) is 0 Å². The van der Waals surface area contributed by atoms with E-state index in [9.17, 15) is 14.4 Å². The number of anilines is 2. The van der Waals surface area contributed by atoms with Gasteiger partial charge in [-0.25, -0.2) is 19.8 Å². The van der Waals surface area contributed by atoms with Crippen molar-refractivity contribution in [3.63, 3.8) is 0 Å². The van der Waals surface area contributed by atoms with Gasteiger partial charge in [0.15, 0.2) is 5.82 Å². The minimum atomic E-state index is -0.446. The minimum Gasteiger partial charge on any atom is -0.335 e. The number of hydrogen-bond acceptors (Lipinski definition) is 6. The van der Waals surface area contributed by atoms with Crippen molar-refractivity contribution >= 4 is 35.1 Å². The fraction of sp³-hybridized carbons (Fsp3) is 0.259. The molecule has 1 aliphatic rings. The van der Waals surface area contributed by atoms with E-state index in [1.807, 2.05) is 36.4 Å². The molecule has 0 saturated carbocycles. The lowest BCUT2D eigenvalue weighted by molar-refractivity contribution is 0.0622. The maximum Gasteiger partial charge on any atom is 0.324 e. The van der Waals surface area contributed by atoms with Crippen LogP contribution in [-0.4, -0.2) is 69.5 Å². The highest BCUT2D eigenvalue weighted by Crippen LogP contribution is 2.14. The van der Waals surface area contributed by atoms with Gasteiger partial charge in [0.2, 0.25) is 0 Å². The average molecular weight is 500 g/mol. The molecule has 1 aliphatic heterocycles. The zero-order chi connectivity index (χ0) is 26.2. The minimum absolute atomic E-state index is 0.201. The largest absolute Gasteiger partial charge is 0.335 e. The highest BCUT2D eigenvalue weighted by atomic mass is 16.2. The molecule has 3 aromatic rings. The van der Waals surface area contributed by atoms with Crippen molar-refractivity contribution in [3.8, 4) is 0 Å². The standard InChI is InChI=1S/C27H29N7O3/c1-19(2)30-25(35)21-8-6-7-20(15-21)18-33-11-13-34(14-12-33)26(36)23-16-29-24(17-28-23)32-27(37)31-22-9-4-3-5-10-22/h3-10,15-17H,11-14,18H2,1-2H3,(H2,29,31,32,37). The van der Waals surface area contributed by atoms with Crippen LogP contribution in [0.3, 0.4) is 0 Å². The zero-order valence-corrected chi connectivity index (χ0v) is 20.8. The van der Waals surface area contributed by atoms with Gasteiger partial charge in [-0.3, -0.25) is 19.8 Å². The van der Waals surface area contributed by atoms with Crippen LogP contribution in [0, 0.1) is 0 Å². The maximum atomic E-state index is 12.9. The smallest absolute Gasteiger partial charge is 0.324 e. The summed E-state index contributed by atoms with van der Waals surface area (Å²) in [5.74, 6) is -0.195. The van der Waals surface area contributed by atoms with Gasteiger partial charge in [-0.15, -0.1) is 0 Å². The molecular weight excluding hydrogens is 470 g/mol. The molecule has 2 N–H and O–H groups in total. The lowest BCUT2D eigenvalue weighted by Crippen LogP contribution is -2.48. The molecule has 1 fully saturated rings. The molecule has 4 amide bonds. The van der Waals surface area contributed by atoms with E-state index in [0.29, 0.717) is 44.0 Å². The van der Waals surface area contributed by atoms with Gasteiger partial charge in [0, 0.05) is 49.7 Å². The first-order valence-electron chi connectivity index (χ1n) is 12.0. The highest BCUT2D eigenvalue weighted by Gasteiger charge is 2.23. The summed E-state index contributed by atoms with van der Waals surface area (Å²) in [5, 5.41) is 5.30. The molecule has 1 saturated heterocycles. The molecule has 0 atom stereocenters. The number of hydrogen-bond donors (Lipinski definition) is 2. The fourth-order valence-corrected chi connectivity index (χ4v) is 3.90. The molecule has 10 nitrogen and oxygen atoms in total. The van der Waals surface area contributed by atoms with Crippen molar-refractivity contribution in [1.82, 2.24) is 19.8 Å². The Labute approximate surface area is 215 Å². The molecule has 2 aromatic carbocycles. The summed E-state index contributed by atoms with van der Waals surface area (Å²) in [5.41, 5.74) is 3.20. The number of nitrogens with one attached hydrogen (secondary N) is 2. The van der Waals surface area contributed by atoms with Gasteiger partial charge in [0.05, 0.1) is 12.4 Å². The van der Waals surface area contributed by atoms with Crippen molar-refractivity contribution in [2.24, 2.45) is 4.99 Å². The molecule has 4 rings (SSSR count). The Morgan fingerprint density at radius 3 is 2.32 bits per heavy atom. The van der Waals surface area contributed by atoms with Crippen molar-refractivity contribution in [2.75, 3.05) is 36.8 Å². The summed E-state index contributed by atoms with van der Waals surface area (Å²) >= 11 is 0. The van der Waals surface area contributed by atoms with Crippen LogP contribution in [0.5, 0.6) is 0 Å². The number of piperazine rings is 1. The molecule has 1 aromatic heterocycles. The Balaban J connectivity index is 1.27. The number of nitrogens with zero attached hydrogens (tertiary/aromatic N) is 5. The summed E-state index contributed by atoms with van der Waals surface area (Å²) in [6, 6.07) is 16.1. The van der Waals surface area contributed by atoms with Gasteiger partial charge >= 0.3 is 6.03 Å². The number of urea groups is 1. The number of benzene rings is 2.